The van der Waals surface area contributed by atoms with Gasteiger partial charge in [-0.25, -0.2) is 0 Å². The zero-order chi connectivity index (χ0) is 12.1. The van der Waals surface area contributed by atoms with Crippen molar-refractivity contribution in [2.75, 3.05) is 0 Å². The fourth-order valence-electron chi connectivity index (χ4n) is 1.69. The van der Waals surface area contributed by atoms with Crippen molar-refractivity contribution >= 4 is 8.56 Å². The summed E-state index contributed by atoms with van der Waals surface area (Å²) in [5, 5.41) is 0. The van der Waals surface area contributed by atoms with E-state index < -0.39 is 8.56 Å². The largest absolute Gasteiger partial charge is 0.392 e. The van der Waals surface area contributed by atoms with Crippen LogP contribution in [0, 0.1) is 5.92 Å². The van der Waals surface area contributed by atoms with Gasteiger partial charge >= 0.3 is 8.56 Å². The summed E-state index contributed by atoms with van der Waals surface area (Å²) in [4.78, 5) is 0. The van der Waals surface area contributed by atoms with Gasteiger partial charge in [0.2, 0.25) is 0 Å². The van der Waals surface area contributed by atoms with Gasteiger partial charge in [-0.1, -0.05) is 13.8 Å². The molecule has 0 aliphatic rings. The maximum Gasteiger partial charge on any atom is 0.335 e. The van der Waals surface area contributed by atoms with Crippen LogP contribution in [-0.2, 0) is 8.85 Å². The average molecular weight is 232 g/mol. The summed E-state index contributed by atoms with van der Waals surface area (Å²) < 4.78 is 12.0. The van der Waals surface area contributed by atoms with Gasteiger partial charge in [-0.05, 0) is 52.6 Å². The summed E-state index contributed by atoms with van der Waals surface area (Å²) >= 11 is 0. The van der Waals surface area contributed by atoms with Gasteiger partial charge in [-0.3, -0.25) is 0 Å². The molecule has 0 aromatic heterocycles. The molecule has 0 atom stereocenters. The first kappa shape index (κ1) is 15.1. The Morgan fingerprint density at radius 2 is 1.27 bits per heavy atom. The molecule has 0 spiro atoms. The van der Waals surface area contributed by atoms with E-state index in [0.717, 1.165) is 12.0 Å². The Hall–Kier alpha value is 0.137. The minimum absolute atomic E-state index is 0.271. The second-order valence-electron chi connectivity index (χ2n) is 5.40. The molecule has 0 radical (unpaired) electrons. The highest BCUT2D eigenvalue weighted by Gasteiger charge is 2.33. The minimum Gasteiger partial charge on any atom is -0.392 e. The third-order valence-corrected chi connectivity index (χ3v) is 5.28. The molecule has 92 valence electrons. The van der Waals surface area contributed by atoms with Crippen molar-refractivity contribution < 1.29 is 8.85 Å². The molecule has 0 bridgehead atoms. The maximum atomic E-state index is 6.02. The average Bonchev–Trinajstić information content (AvgIpc) is 1.97. The molecular formula is C12H28O2Si. The highest BCUT2D eigenvalue weighted by atomic mass is 28.4. The van der Waals surface area contributed by atoms with Crippen LogP contribution in [0.4, 0.5) is 0 Å². The van der Waals surface area contributed by atoms with Gasteiger partial charge in [0, 0.05) is 12.2 Å². The van der Waals surface area contributed by atoms with Crippen molar-refractivity contribution in [3.63, 3.8) is 0 Å². The van der Waals surface area contributed by atoms with E-state index in [-0.39, 0.29) is 12.2 Å². The SMILES string of the molecule is CC(C)CC[Si](C)(OC(C)C)OC(C)C. The van der Waals surface area contributed by atoms with Gasteiger partial charge in [-0.2, -0.15) is 0 Å². The standard InChI is InChI=1S/C12H28O2Si/c1-10(2)8-9-15(7,13-11(3)4)14-12(5)6/h10-12H,8-9H2,1-7H3. The first-order chi connectivity index (χ1) is 6.75. The number of hydrogen-bond donors (Lipinski definition) is 0. The van der Waals surface area contributed by atoms with E-state index in [2.05, 4.69) is 48.1 Å². The topological polar surface area (TPSA) is 18.5 Å². The lowest BCUT2D eigenvalue weighted by atomic mass is 10.2. The van der Waals surface area contributed by atoms with Crippen molar-refractivity contribution in [3.05, 3.63) is 0 Å². The molecule has 0 heterocycles. The monoisotopic (exact) mass is 232 g/mol. The van der Waals surface area contributed by atoms with Crippen LogP contribution >= 0.6 is 0 Å². The van der Waals surface area contributed by atoms with Gasteiger partial charge in [0.25, 0.3) is 0 Å². The van der Waals surface area contributed by atoms with Gasteiger partial charge in [0.05, 0.1) is 0 Å². The van der Waals surface area contributed by atoms with Crippen molar-refractivity contribution in [3.8, 4) is 0 Å². The number of rotatable bonds is 7. The molecule has 0 aliphatic carbocycles. The number of hydrogen-bond acceptors (Lipinski definition) is 2. The van der Waals surface area contributed by atoms with E-state index in [1.54, 1.807) is 0 Å². The molecule has 0 fully saturated rings. The molecule has 0 saturated heterocycles. The van der Waals surface area contributed by atoms with E-state index in [1.807, 2.05) is 0 Å². The molecular weight excluding hydrogens is 204 g/mol. The van der Waals surface area contributed by atoms with Crippen molar-refractivity contribution in [2.24, 2.45) is 5.92 Å². The molecule has 3 heteroatoms. The van der Waals surface area contributed by atoms with Crippen LogP contribution in [0.5, 0.6) is 0 Å². The Morgan fingerprint density at radius 3 is 1.53 bits per heavy atom. The lowest BCUT2D eigenvalue weighted by molar-refractivity contribution is 0.108. The summed E-state index contributed by atoms with van der Waals surface area (Å²) in [6.07, 6.45) is 1.74. The second-order valence-corrected chi connectivity index (χ2v) is 8.64. The Labute approximate surface area is 96.6 Å². The Bertz CT molecular complexity index is 157. The van der Waals surface area contributed by atoms with E-state index in [0.29, 0.717) is 0 Å². The molecule has 0 saturated carbocycles. The summed E-state index contributed by atoms with van der Waals surface area (Å²) in [7, 11) is -1.94. The quantitative estimate of drug-likeness (QED) is 0.619. The van der Waals surface area contributed by atoms with E-state index in [1.165, 1.54) is 6.42 Å². The molecule has 15 heavy (non-hydrogen) atoms. The van der Waals surface area contributed by atoms with Gasteiger partial charge in [-0.15, -0.1) is 0 Å². The normalized spacial score (nSPS) is 13.2. The van der Waals surface area contributed by atoms with Crippen molar-refractivity contribution in [1.29, 1.82) is 0 Å². The highest BCUT2D eigenvalue weighted by Crippen LogP contribution is 2.22. The third kappa shape index (κ3) is 8.00. The predicted octanol–water partition coefficient (Wildman–Crippen LogP) is 3.95. The van der Waals surface area contributed by atoms with Crippen LogP contribution in [0.15, 0.2) is 0 Å². The molecule has 0 N–H and O–H groups in total. The van der Waals surface area contributed by atoms with Crippen molar-refractivity contribution in [2.45, 2.75) is 72.8 Å². The molecule has 0 aliphatic heterocycles. The summed E-state index contributed by atoms with van der Waals surface area (Å²) in [6.45, 7) is 15.0. The van der Waals surface area contributed by atoms with Crippen LogP contribution in [0.3, 0.4) is 0 Å². The van der Waals surface area contributed by atoms with E-state index >= 15 is 0 Å². The fraction of sp³-hybridized carbons (Fsp3) is 1.00. The van der Waals surface area contributed by atoms with Crippen LogP contribution in [0.2, 0.25) is 12.6 Å². The van der Waals surface area contributed by atoms with Crippen LogP contribution in [0.25, 0.3) is 0 Å². The lowest BCUT2D eigenvalue weighted by Gasteiger charge is -2.31. The van der Waals surface area contributed by atoms with Gasteiger partial charge in [0.1, 0.15) is 0 Å². The Morgan fingerprint density at radius 1 is 0.867 bits per heavy atom. The third-order valence-electron chi connectivity index (χ3n) is 2.15. The zero-order valence-electron chi connectivity index (χ0n) is 11.5. The second kappa shape index (κ2) is 6.66. The molecule has 0 aromatic rings. The minimum atomic E-state index is -1.94. The first-order valence-electron chi connectivity index (χ1n) is 6.11. The highest BCUT2D eigenvalue weighted by molar-refractivity contribution is 6.66. The summed E-state index contributed by atoms with van der Waals surface area (Å²) in [5.41, 5.74) is 0. The van der Waals surface area contributed by atoms with Crippen molar-refractivity contribution in [1.82, 2.24) is 0 Å². The van der Waals surface area contributed by atoms with Gasteiger partial charge < -0.3 is 8.85 Å². The van der Waals surface area contributed by atoms with E-state index in [9.17, 15) is 0 Å². The van der Waals surface area contributed by atoms with Crippen LogP contribution in [-0.4, -0.2) is 20.8 Å². The fourth-order valence-corrected chi connectivity index (χ4v) is 5.08. The van der Waals surface area contributed by atoms with Crippen LogP contribution in [0.1, 0.15) is 48.0 Å². The van der Waals surface area contributed by atoms with Crippen LogP contribution < -0.4 is 0 Å². The van der Waals surface area contributed by atoms with E-state index in [4.69, 9.17) is 8.85 Å². The molecule has 0 aromatic carbocycles. The molecule has 2 nitrogen and oxygen atoms in total. The van der Waals surface area contributed by atoms with Gasteiger partial charge in [0.15, 0.2) is 0 Å². The lowest BCUT2D eigenvalue weighted by Crippen LogP contribution is -2.43. The Kier molecular flexibility index (Phi) is 6.72. The zero-order valence-corrected chi connectivity index (χ0v) is 12.5. The molecule has 0 unspecified atom stereocenters. The smallest absolute Gasteiger partial charge is 0.335 e. The molecule has 0 rings (SSSR count). The first-order valence-corrected chi connectivity index (χ1v) is 8.63. The predicted molar refractivity (Wildman–Crippen MR) is 68.3 cm³/mol. The Balaban J connectivity index is 4.26. The molecule has 0 amide bonds. The summed E-state index contributed by atoms with van der Waals surface area (Å²) in [5.74, 6) is 0.725. The summed E-state index contributed by atoms with van der Waals surface area (Å²) in [6, 6.07) is 1.10. The maximum absolute atomic E-state index is 6.02.